The van der Waals surface area contributed by atoms with Gasteiger partial charge >= 0.3 is 11.9 Å². The lowest BCUT2D eigenvalue weighted by molar-refractivity contribution is -0.258. The number of hydrogen-bond donors (Lipinski definition) is 5. The number of aliphatic hydroxyl groups excluding tert-OH is 2. The molecule has 5 N–H and O–H groups in total. The second-order valence-electron chi connectivity index (χ2n) is 17.5. The van der Waals surface area contributed by atoms with Crippen molar-refractivity contribution in [3.63, 3.8) is 0 Å². The molecule has 1 amide bonds. The number of rotatable bonds is 7. The average molecular weight is 854 g/mol. The van der Waals surface area contributed by atoms with Gasteiger partial charge in [-0.25, -0.2) is 9.59 Å². The van der Waals surface area contributed by atoms with Gasteiger partial charge in [-0.1, -0.05) is 57.6 Å². The molecule has 310 valence electrons. The molecular formula is C44H57BrN2O10. The molecule has 6 aliphatic rings. The number of aliphatic carboxylic acids is 1. The van der Waals surface area contributed by atoms with Crippen LogP contribution in [0.15, 0.2) is 64.0 Å². The summed E-state index contributed by atoms with van der Waals surface area (Å²) in [4.78, 5) is 57.6. The number of amides is 1. The topological polar surface area (TPSA) is 184 Å². The fourth-order valence-electron chi connectivity index (χ4n) is 11.3. The van der Waals surface area contributed by atoms with Crippen molar-refractivity contribution >= 4 is 39.6 Å². The highest BCUT2D eigenvalue weighted by Crippen LogP contribution is 2.61. The molecule has 1 saturated carbocycles. The van der Waals surface area contributed by atoms with Crippen LogP contribution in [0.4, 0.5) is 0 Å². The molecule has 13 atom stereocenters. The summed E-state index contributed by atoms with van der Waals surface area (Å²) in [6.45, 7) is 9.56. The van der Waals surface area contributed by atoms with E-state index >= 15 is 4.79 Å². The van der Waals surface area contributed by atoms with Crippen molar-refractivity contribution in [3.8, 4) is 0 Å². The Bertz CT molecular complexity index is 1890. The Labute approximate surface area is 342 Å². The predicted molar refractivity (Wildman–Crippen MR) is 214 cm³/mol. The van der Waals surface area contributed by atoms with Crippen LogP contribution in [-0.4, -0.2) is 80.2 Å². The van der Waals surface area contributed by atoms with E-state index in [1.807, 2.05) is 26.0 Å². The zero-order chi connectivity index (χ0) is 41.0. The number of carboxylic acids is 1. The summed E-state index contributed by atoms with van der Waals surface area (Å²) >= 11 is 3.37. The Morgan fingerprint density at radius 2 is 1.89 bits per heavy atom. The number of ether oxygens (including phenoxy) is 3. The number of allylic oxidation sites excluding steroid dienone is 3. The minimum absolute atomic E-state index is 0.00543. The van der Waals surface area contributed by atoms with Gasteiger partial charge in [0.1, 0.15) is 17.0 Å². The molecule has 7 rings (SSSR count). The van der Waals surface area contributed by atoms with Crippen LogP contribution in [0.25, 0.3) is 0 Å². The third kappa shape index (κ3) is 6.87. The number of aromatic amines is 1. The minimum atomic E-state index is -1.70. The lowest BCUT2D eigenvalue weighted by atomic mass is 9.50. The highest BCUT2D eigenvalue weighted by Gasteiger charge is 2.67. The van der Waals surface area contributed by atoms with Crippen LogP contribution < -0.4 is 5.32 Å². The fraction of sp³-hybridized carbons (Fsp3) is 0.636. The quantitative estimate of drug-likeness (QED) is 0.106. The number of hydrogen-bond acceptors (Lipinski definition) is 9. The molecule has 2 saturated heterocycles. The van der Waals surface area contributed by atoms with E-state index < -0.39 is 64.6 Å². The Morgan fingerprint density at radius 3 is 2.56 bits per heavy atom. The summed E-state index contributed by atoms with van der Waals surface area (Å²) in [5.41, 5.74) is -3.71. The molecule has 0 aromatic carbocycles. The van der Waals surface area contributed by atoms with Crippen molar-refractivity contribution < 1.29 is 48.7 Å². The van der Waals surface area contributed by atoms with Crippen LogP contribution in [0.3, 0.4) is 0 Å². The molecule has 0 radical (unpaired) electrons. The van der Waals surface area contributed by atoms with Gasteiger partial charge in [0.15, 0.2) is 11.9 Å². The minimum Gasteiger partial charge on any atom is -0.511 e. The first kappa shape index (κ1) is 41.6. The molecule has 3 heterocycles. The number of aromatic nitrogens is 1. The SMILES string of the molecule is CCC1CC23OC(=O)C(=C(O)C4(CC)C(C=CC5C(OC6CC(O)C(NC(=O)c7[nH]ccc7Br)C(C)O6)C(C)CCC54)CCCCC=CC2(C)C=C1C(=O)O)C3=O. The van der Waals surface area contributed by atoms with E-state index in [-0.39, 0.29) is 65.4 Å². The van der Waals surface area contributed by atoms with Crippen molar-refractivity contribution in [2.45, 2.75) is 135 Å². The first-order valence-electron chi connectivity index (χ1n) is 20.8. The highest BCUT2D eigenvalue weighted by molar-refractivity contribution is 9.10. The van der Waals surface area contributed by atoms with E-state index in [9.17, 15) is 29.7 Å². The Balaban J connectivity index is 1.22. The normalized spacial score (nSPS) is 40.7. The number of Topliss-reactive ketones (excluding diaryl/α,β-unsaturated/α-hetero) is 1. The van der Waals surface area contributed by atoms with Gasteiger partial charge in [-0.05, 0) is 104 Å². The van der Waals surface area contributed by atoms with Crippen LogP contribution >= 0.6 is 15.9 Å². The molecule has 2 aliphatic heterocycles. The summed E-state index contributed by atoms with van der Waals surface area (Å²) in [7, 11) is 0. The molecular weight excluding hydrogens is 796 g/mol. The molecule has 1 spiro atoms. The number of H-pyrrole nitrogens is 1. The molecule has 3 fully saturated rings. The maximum absolute atomic E-state index is 15.1. The second-order valence-corrected chi connectivity index (χ2v) is 18.3. The molecule has 4 aliphatic carbocycles. The first-order valence-corrected chi connectivity index (χ1v) is 21.6. The Morgan fingerprint density at radius 1 is 1.12 bits per heavy atom. The summed E-state index contributed by atoms with van der Waals surface area (Å²) in [5.74, 6) is -4.15. The number of ketones is 1. The predicted octanol–water partition coefficient (Wildman–Crippen LogP) is 7.26. The third-order valence-corrected chi connectivity index (χ3v) is 15.1. The number of halogens is 1. The summed E-state index contributed by atoms with van der Waals surface area (Å²) in [6.07, 6.45) is 14.4. The highest BCUT2D eigenvalue weighted by atomic mass is 79.9. The van der Waals surface area contributed by atoms with Crippen LogP contribution in [-0.2, 0) is 28.6 Å². The van der Waals surface area contributed by atoms with Gasteiger partial charge < -0.3 is 39.8 Å². The van der Waals surface area contributed by atoms with Gasteiger partial charge in [-0.2, -0.15) is 0 Å². The van der Waals surface area contributed by atoms with E-state index in [1.54, 1.807) is 32.2 Å². The van der Waals surface area contributed by atoms with Crippen LogP contribution in [0, 0.1) is 40.4 Å². The van der Waals surface area contributed by atoms with Crippen molar-refractivity contribution in [3.05, 3.63) is 69.7 Å². The van der Waals surface area contributed by atoms with E-state index in [4.69, 9.17) is 14.2 Å². The number of carboxylic acid groups (broad SMARTS) is 1. The molecule has 1 aromatic heterocycles. The zero-order valence-corrected chi connectivity index (χ0v) is 35.0. The monoisotopic (exact) mass is 852 g/mol. The average Bonchev–Trinajstić information content (AvgIpc) is 3.71. The lowest BCUT2D eigenvalue weighted by Crippen LogP contribution is -2.58. The molecule has 12 nitrogen and oxygen atoms in total. The van der Waals surface area contributed by atoms with E-state index in [1.165, 1.54) is 0 Å². The first-order chi connectivity index (χ1) is 27.1. The van der Waals surface area contributed by atoms with Crippen LogP contribution in [0.1, 0.15) is 109 Å². The number of carbonyl (C=O) groups is 4. The lowest BCUT2D eigenvalue weighted by Gasteiger charge is -2.55. The Kier molecular flexibility index (Phi) is 11.6. The number of aliphatic hydroxyl groups is 2. The summed E-state index contributed by atoms with van der Waals surface area (Å²) in [5, 5.41) is 37.2. The fourth-order valence-corrected chi connectivity index (χ4v) is 11.7. The van der Waals surface area contributed by atoms with E-state index in [0.717, 1.165) is 32.1 Å². The van der Waals surface area contributed by atoms with E-state index in [0.29, 0.717) is 29.4 Å². The zero-order valence-electron chi connectivity index (χ0n) is 33.5. The van der Waals surface area contributed by atoms with Crippen LogP contribution in [0.2, 0.25) is 0 Å². The van der Waals surface area contributed by atoms with Crippen LogP contribution in [0.5, 0.6) is 0 Å². The van der Waals surface area contributed by atoms with Crippen molar-refractivity contribution in [1.82, 2.24) is 10.3 Å². The molecule has 57 heavy (non-hydrogen) atoms. The van der Waals surface area contributed by atoms with Crippen molar-refractivity contribution in [2.24, 2.45) is 40.4 Å². The maximum Gasteiger partial charge on any atom is 0.346 e. The Hall–Kier alpha value is -3.52. The number of nitrogens with one attached hydrogen (secondary N) is 2. The molecule has 1 aromatic rings. The number of fused-ring (bicyclic) bond motifs is 4. The summed E-state index contributed by atoms with van der Waals surface area (Å²) in [6, 6.07) is 1.06. The standard InChI is InChI=1S/C44H57BrN2O10/c1-6-25-21-44-38(50)33(41(54)57-44)37(49)43(7-2)26(12-10-8-9-11-18-42(44,5)22-28(25)40(52)53)14-15-27-29(43)16-13-23(3)36(27)56-32-20-31(48)34(24(4)55-32)47-39(51)35-30(45)17-19-46-35/h11,14-15,17-19,22-27,29,31-32,34,36,46,48-49H,6-10,12-13,16,20-21H2,1-5H3,(H,47,51)(H,52,53). The van der Waals surface area contributed by atoms with Crippen molar-refractivity contribution in [2.75, 3.05) is 0 Å². The maximum atomic E-state index is 15.1. The van der Waals surface area contributed by atoms with Crippen molar-refractivity contribution in [1.29, 1.82) is 0 Å². The summed E-state index contributed by atoms with van der Waals surface area (Å²) < 4.78 is 20.0. The van der Waals surface area contributed by atoms with Gasteiger partial charge in [0.05, 0.1) is 29.8 Å². The molecule has 13 heteroatoms. The molecule has 13 unspecified atom stereocenters. The largest absolute Gasteiger partial charge is 0.511 e. The van der Waals surface area contributed by atoms with Gasteiger partial charge in [0.25, 0.3) is 5.91 Å². The van der Waals surface area contributed by atoms with Gasteiger partial charge in [-0.15, -0.1) is 0 Å². The number of esters is 1. The molecule has 2 bridgehead atoms. The third-order valence-electron chi connectivity index (χ3n) is 14.4. The number of carbonyl (C=O) groups excluding carboxylic acids is 3. The van der Waals surface area contributed by atoms with Gasteiger partial charge in [-0.3, -0.25) is 9.59 Å². The van der Waals surface area contributed by atoms with Gasteiger partial charge in [0.2, 0.25) is 5.78 Å². The smallest absolute Gasteiger partial charge is 0.346 e. The van der Waals surface area contributed by atoms with E-state index in [2.05, 4.69) is 45.3 Å². The van der Waals surface area contributed by atoms with Gasteiger partial charge in [0, 0.05) is 40.4 Å². The second kappa shape index (κ2) is 15.9.